The number of hydrogen-bond acceptors (Lipinski definition) is 8. The maximum atomic E-state index is 12.8. The van der Waals surface area contributed by atoms with Gasteiger partial charge in [-0.15, -0.1) is 5.10 Å². The van der Waals surface area contributed by atoms with Crippen LogP contribution in [0.25, 0.3) is 33.7 Å². The molecule has 0 aliphatic carbocycles. The third-order valence-electron chi connectivity index (χ3n) is 4.85. The number of thiazole rings is 1. The van der Waals surface area contributed by atoms with Crippen LogP contribution in [-0.2, 0) is 0 Å². The average molecular weight is 460 g/mol. The molecule has 0 spiro atoms. The molecule has 0 atom stereocenters. The number of nitrogens with zero attached hydrogens (tertiary/aromatic N) is 4. The summed E-state index contributed by atoms with van der Waals surface area (Å²) < 4.78 is 12.9. The Morgan fingerprint density at radius 1 is 1.15 bits per heavy atom. The third-order valence-corrected chi connectivity index (χ3v) is 5.81. The highest BCUT2D eigenvalue weighted by atomic mass is 32.1. The Bertz CT molecular complexity index is 1580. The molecule has 0 unspecified atom stereocenters. The number of nitro benzene ring substituents is 1. The summed E-state index contributed by atoms with van der Waals surface area (Å²) >= 11 is 1.20. The molecule has 0 saturated carbocycles. The van der Waals surface area contributed by atoms with Crippen molar-refractivity contribution < 1.29 is 14.1 Å². The first-order chi connectivity index (χ1) is 16.0. The Morgan fingerprint density at radius 3 is 2.70 bits per heavy atom. The van der Waals surface area contributed by atoms with Crippen molar-refractivity contribution >= 4 is 28.1 Å². The van der Waals surface area contributed by atoms with Gasteiger partial charge in [-0.2, -0.15) is 9.50 Å². The van der Waals surface area contributed by atoms with Crippen LogP contribution in [0.3, 0.4) is 0 Å². The number of fused-ring (bicyclic) bond motifs is 1. The molecule has 33 heavy (non-hydrogen) atoms. The van der Waals surface area contributed by atoms with E-state index in [9.17, 15) is 14.9 Å². The molecular formula is C23H16N4O5S. The maximum Gasteiger partial charge on any atom is 0.291 e. The van der Waals surface area contributed by atoms with E-state index in [4.69, 9.17) is 9.15 Å². The number of furan rings is 1. The van der Waals surface area contributed by atoms with Gasteiger partial charge in [-0.25, -0.2) is 0 Å². The van der Waals surface area contributed by atoms with Crippen LogP contribution in [0.4, 0.5) is 5.69 Å². The molecule has 0 aliphatic rings. The molecule has 5 rings (SSSR count). The normalized spacial score (nSPS) is 11.8. The molecule has 0 saturated heterocycles. The van der Waals surface area contributed by atoms with Crippen molar-refractivity contribution in [2.24, 2.45) is 0 Å². The van der Waals surface area contributed by atoms with Crippen molar-refractivity contribution in [1.82, 2.24) is 14.6 Å². The number of benzene rings is 2. The van der Waals surface area contributed by atoms with Gasteiger partial charge in [0, 0.05) is 29.3 Å². The number of aromatic nitrogens is 3. The van der Waals surface area contributed by atoms with Crippen molar-refractivity contribution in [3.63, 3.8) is 0 Å². The first kappa shape index (κ1) is 20.6. The zero-order chi connectivity index (χ0) is 22.9. The summed E-state index contributed by atoms with van der Waals surface area (Å²) in [7, 11) is 0. The second-order valence-corrected chi connectivity index (χ2v) is 8.02. The van der Waals surface area contributed by atoms with Crippen molar-refractivity contribution in [3.05, 3.63) is 91.4 Å². The summed E-state index contributed by atoms with van der Waals surface area (Å²) in [4.78, 5) is 28.3. The standard InChI is InChI=1S/C23H16N4O5S/c1-2-31-17-8-6-14(7-9-17)21-24-23-26(25-21)22(28)20(33-23)13-18-10-11-19(32-18)15-4-3-5-16(12-15)27(29)30/h3-13H,2H2,1H3. The van der Waals surface area contributed by atoms with E-state index in [0.717, 1.165) is 11.3 Å². The van der Waals surface area contributed by atoms with Crippen LogP contribution in [0.5, 0.6) is 5.75 Å². The van der Waals surface area contributed by atoms with Crippen LogP contribution < -0.4 is 14.8 Å². The molecule has 164 valence electrons. The number of rotatable bonds is 6. The van der Waals surface area contributed by atoms with Gasteiger partial charge in [0.25, 0.3) is 11.2 Å². The molecule has 3 heterocycles. The van der Waals surface area contributed by atoms with Crippen molar-refractivity contribution in [3.8, 4) is 28.5 Å². The molecule has 5 aromatic rings. The summed E-state index contributed by atoms with van der Waals surface area (Å²) in [5.41, 5.74) is 1.04. The number of ether oxygens (including phenoxy) is 1. The SMILES string of the molecule is CCOc1ccc(-c2nc3sc(=Cc4ccc(-c5cccc([N+](=O)[O-])c5)o4)c(=O)n3n2)cc1. The molecule has 0 aliphatic heterocycles. The van der Waals surface area contributed by atoms with Crippen LogP contribution in [0.1, 0.15) is 12.7 Å². The molecule has 0 radical (unpaired) electrons. The van der Waals surface area contributed by atoms with Gasteiger partial charge >= 0.3 is 0 Å². The van der Waals surface area contributed by atoms with Gasteiger partial charge in [-0.1, -0.05) is 23.5 Å². The van der Waals surface area contributed by atoms with Crippen molar-refractivity contribution in [2.45, 2.75) is 6.92 Å². The first-order valence-electron chi connectivity index (χ1n) is 10.0. The van der Waals surface area contributed by atoms with E-state index in [1.807, 2.05) is 31.2 Å². The smallest absolute Gasteiger partial charge is 0.291 e. The lowest BCUT2D eigenvalue weighted by molar-refractivity contribution is -0.384. The molecule has 9 nitrogen and oxygen atoms in total. The van der Waals surface area contributed by atoms with Crippen molar-refractivity contribution in [1.29, 1.82) is 0 Å². The number of nitro groups is 1. The fraction of sp³-hybridized carbons (Fsp3) is 0.0870. The van der Waals surface area contributed by atoms with Crippen molar-refractivity contribution in [2.75, 3.05) is 6.61 Å². The summed E-state index contributed by atoms with van der Waals surface area (Å²) in [5.74, 6) is 2.13. The predicted octanol–water partition coefficient (Wildman–Crippen LogP) is 3.93. The van der Waals surface area contributed by atoms with E-state index in [2.05, 4.69) is 10.1 Å². The summed E-state index contributed by atoms with van der Waals surface area (Å²) in [6.45, 7) is 2.50. The Kier molecular flexibility index (Phi) is 5.19. The Morgan fingerprint density at radius 2 is 1.97 bits per heavy atom. The zero-order valence-electron chi connectivity index (χ0n) is 17.3. The van der Waals surface area contributed by atoms with E-state index in [1.165, 1.54) is 28.0 Å². The molecule has 0 bridgehead atoms. The quantitative estimate of drug-likeness (QED) is 0.279. The zero-order valence-corrected chi connectivity index (χ0v) is 18.1. The van der Waals surface area contributed by atoms with E-state index >= 15 is 0 Å². The van der Waals surface area contributed by atoms with Gasteiger partial charge in [0.2, 0.25) is 4.96 Å². The highest BCUT2D eigenvalue weighted by molar-refractivity contribution is 7.15. The lowest BCUT2D eigenvalue weighted by atomic mass is 10.1. The van der Waals surface area contributed by atoms with Gasteiger partial charge in [-0.05, 0) is 43.3 Å². The molecule has 0 fully saturated rings. The minimum Gasteiger partial charge on any atom is -0.494 e. The first-order valence-corrected chi connectivity index (χ1v) is 10.8. The minimum atomic E-state index is -0.459. The van der Waals surface area contributed by atoms with Crippen LogP contribution >= 0.6 is 11.3 Å². The topological polar surface area (TPSA) is 113 Å². The Balaban J connectivity index is 1.45. The van der Waals surface area contributed by atoms with Gasteiger partial charge in [-0.3, -0.25) is 14.9 Å². The van der Waals surface area contributed by atoms with Crippen LogP contribution in [0.15, 0.2) is 69.9 Å². The molecular weight excluding hydrogens is 444 g/mol. The summed E-state index contributed by atoms with van der Waals surface area (Å²) in [6, 6.07) is 16.9. The summed E-state index contributed by atoms with van der Waals surface area (Å²) in [5, 5.41) is 15.3. The Hall–Kier alpha value is -4.31. The fourth-order valence-corrected chi connectivity index (χ4v) is 4.20. The monoisotopic (exact) mass is 460 g/mol. The van der Waals surface area contributed by atoms with E-state index < -0.39 is 4.92 Å². The van der Waals surface area contributed by atoms with Crippen LogP contribution in [0, 0.1) is 10.1 Å². The van der Waals surface area contributed by atoms with Gasteiger partial charge in [0.05, 0.1) is 11.5 Å². The fourth-order valence-electron chi connectivity index (χ4n) is 3.31. The molecule has 0 N–H and O–H groups in total. The highest BCUT2D eigenvalue weighted by Gasteiger charge is 2.13. The highest BCUT2D eigenvalue weighted by Crippen LogP contribution is 2.26. The Labute approximate surface area is 190 Å². The van der Waals surface area contributed by atoms with Gasteiger partial charge in [0.1, 0.15) is 21.8 Å². The largest absolute Gasteiger partial charge is 0.494 e. The van der Waals surface area contributed by atoms with E-state index in [1.54, 1.807) is 30.3 Å². The van der Waals surface area contributed by atoms with Gasteiger partial charge in [0.15, 0.2) is 5.82 Å². The molecule has 3 aromatic heterocycles. The molecule has 2 aromatic carbocycles. The van der Waals surface area contributed by atoms with Gasteiger partial charge < -0.3 is 9.15 Å². The molecule has 0 amide bonds. The summed E-state index contributed by atoms with van der Waals surface area (Å²) in [6.07, 6.45) is 1.61. The predicted molar refractivity (Wildman–Crippen MR) is 123 cm³/mol. The maximum absolute atomic E-state index is 12.8. The molecule has 10 heteroatoms. The second kappa shape index (κ2) is 8.32. The van der Waals surface area contributed by atoms with E-state index in [0.29, 0.717) is 39.0 Å². The van der Waals surface area contributed by atoms with E-state index in [-0.39, 0.29) is 11.2 Å². The van der Waals surface area contributed by atoms with Crippen LogP contribution in [0.2, 0.25) is 0 Å². The number of hydrogen-bond donors (Lipinski definition) is 0. The number of non-ortho nitro benzene ring substituents is 1. The third kappa shape index (κ3) is 3.99. The lowest BCUT2D eigenvalue weighted by Crippen LogP contribution is -2.23. The van der Waals surface area contributed by atoms with Crippen LogP contribution in [-0.4, -0.2) is 26.1 Å². The lowest BCUT2D eigenvalue weighted by Gasteiger charge is -2.02. The minimum absolute atomic E-state index is 0.0230. The average Bonchev–Trinajstić information content (AvgIpc) is 3.52. The second-order valence-electron chi connectivity index (χ2n) is 7.01.